The molecule has 0 amide bonds. The van der Waals surface area contributed by atoms with Crippen LogP contribution in [0.3, 0.4) is 0 Å². The number of hydrogen-bond acceptors (Lipinski definition) is 3. The van der Waals surface area contributed by atoms with Gasteiger partial charge < -0.3 is 15.4 Å². The molecule has 3 nitrogen and oxygen atoms in total. The van der Waals surface area contributed by atoms with Crippen LogP contribution in [0.5, 0.6) is 0 Å². The molecule has 0 bridgehead atoms. The molecule has 1 rings (SSSR count). The van der Waals surface area contributed by atoms with E-state index in [1.165, 1.54) is 12.8 Å². The van der Waals surface area contributed by atoms with Crippen LogP contribution < -0.4 is 10.6 Å². The molecule has 1 fully saturated rings. The van der Waals surface area contributed by atoms with E-state index in [1.807, 2.05) is 6.92 Å². The average Bonchev–Trinajstić information content (AvgIpc) is 2.18. The Morgan fingerprint density at radius 2 is 2.21 bits per heavy atom. The second kappa shape index (κ2) is 6.98. The molecule has 1 aliphatic rings. The van der Waals surface area contributed by atoms with Gasteiger partial charge in [-0.15, -0.1) is 0 Å². The normalized spacial score (nSPS) is 18.4. The zero-order valence-electron chi connectivity index (χ0n) is 9.14. The highest BCUT2D eigenvalue weighted by atomic mass is 16.5. The van der Waals surface area contributed by atoms with E-state index in [4.69, 9.17) is 4.74 Å². The van der Waals surface area contributed by atoms with Gasteiger partial charge in [0, 0.05) is 12.6 Å². The molecular formula is C11H22N2O. The fourth-order valence-electron chi connectivity index (χ4n) is 1.61. The van der Waals surface area contributed by atoms with E-state index >= 15 is 0 Å². The zero-order chi connectivity index (χ0) is 10.2. The van der Waals surface area contributed by atoms with E-state index in [0.717, 1.165) is 31.8 Å². The minimum Gasteiger partial charge on any atom is -0.376 e. The van der Waals surface area contributed by atoms with Crippen LogP contribution >= 0.6 is 0 Å². The molecule has 3 heteroatoms. The molecule has 0 aromatic rings. The molecule has 0 aliphatic carbocycles. The van der Waals surface area contributed by atoms with Crippen LogP contribution in [-0.4, -0.2) is 38.9 Å². The van der Waals surface area contributed by atoms with Crippen LogP contribution in [0.2, 0.25) is 0 Å². The van der Waals surface area contributed by atoms with E-state index in [2.05, 4.69) is 17.2 Å². The van der Waals surface area contributed by atoms with Gasteiger partial charge in [0.25, 0.3) is 0 Å². The summed E-state index contributed by atoms with van der Waals surface area (Å²) in [5, 5.41) is 6.85. The van der Waals surface area contributed by atoms with Crippen molar-refractivity contribution in [3.63, 3.8) is 0 Å². The quantitative estimate of drug-likeness (QED) is 0.492. The summed E-state index contributed by atoms with van der Waals surface area (Å²) in [6, 6.07) is 0.685. The summed E-state index contributed by atoms with van der Waals surface area (Å²) in [4.78, 5) is 0. The van der Waals surface area contributed by atoms with Crippen molar-refractivity contribution < 1.29 is 4.74 Å². The van der Waals surface area contributed by atoms with Crippen LogP contribution in [0.4, 0.5) is 0 Å². The topological polar surface area (TPSA) is 33.3 Å². The second-order valence-corrected chi connectivity index (χ2v) is 3.99. The lowest BCUT2D eigenvalue weighted by atomic mass is 10.1. The monoisotopic (exact) mass is 198 g/mol. The lowest BCUT2D eigenvalue weighted by Gasteiger charge is -2.23. The number of ether oxygens (including phenoxy) is 1. The zero-order valence-corrected chi connectivity index (χ0v) is 9.14. The molecule has 14 heavy (non-hydrogen) atoms. The Kier molecular flexibility index (Phi) is 5.83. The van der Waals surface area contributed by atoms with Crippen molar-refractivity contribution in [3.8, 4) is 0 Å². The third kappa shape index (κ3) is 5.37. The van der Waals surface area contributed by atoms with Gasteiger partial charge in [0.05, 0.1) is 13.2 Å². The first-order chi connectivity index (χ1) is 6.79. The highest BCUT2D eigenvalue weighted by molar-refractivity contribution is 4.87. The fourth-order valence-corrected chi connectivity index (χ4v) is 1.61. The molecule has 0 spiro atoms. The van der Waals surface area contributed by atoms with Gasteiger partial charge in [-0.1, -0.05) is 12.2 Å². The molecule has 1 heterocycles. The summed E-state index contributed by atoms with van der Waals surface area (Å²) in [5.41, 5.74) is 1.09. The molecule has 2 N–H and O–H groups in total. The molecule has 82 valence electrons. The summed E-state index contributed by atoms with van der Waals surface area (Å²) < 4.78 is 5.41. The predicted molar refractivity (Wildman–Crippen MR) is 59.5 cm³/mol. The largest absolute Gasteiger partial charge is 0.376 e. The van der Waals surface area contributed by atoms with Crippen molar-refractivity contribution in [2.75, 3.05) is 32.8 Å². The average molecular weight is 198 g/mol. The van der Waals surface area contributed by atoms with Gasteiger partial charge in [-0.05, 0) is 32.9 Å². The van der Waals surface area contributed by atoms with Gasteiger partial charge in [-0.3, -0.25) is 0 Å². The predicted octanol–water partition coefficient (Wildman–Crippen LogP) is 0.921. The van der Waals surface area contributed by atoms with Gasteiger partial charge in [0.2, 0.25) is 0 Å². The molecule has 1 aliphatic heterocycles. The molecule has 0 radical (unpaired) electrons. The number of piperidine rings is 1. The van der Waals surface area contributed by atoms with Gasteiger partial charge in [-0.25, -0.2) is 0 Å². The first-order valence-corrected chi connectivity index (χ1v) is 5.45. The molecule has 0 aromatic carbocycles. The van der Waals surface area contributed by atoms with E-state index in [0.29, 0.717) is 12.6 Å². The Hall–Kier alpha value is -0.380. The summed E-state index contributed by atoms with van der Waals surface area (Å²) in [6.45, 7) is 10.5. The van der Waals surface area contributed by atoms with Crippen molar-refractivity contribution in [1.29, 1.82) is 0 Å². The minimum atomic E-state index is 0.685. The van der Waals surface area contributed by atoms with Gasteiger partial charge >= 0.3 is 0 Å². The Balaban J connectivity index is 1.90. The molecular weight excluding hydrogens is 176 g/mol. The van der Waals surface area contributed by atoms with Crippen LogP contribution in [-0.2, 0) is 4.74 Å². The lowest BCUT2D eigenvalue weighted by Crippen LogP contribution is -2.41. The van der Waals surface area contributed by atoms with Crippen molar-refractivity contribution in [2.24, 2.45) is 0 Å². The maximum absolute atomic E-state index is 5.41. The molecule has 0 atom stereocenters. The molecule has 1 saturated heterocycles. The first kappa shape index (κ1) is 11.7. The van der Waals surface area contributed by atoms with Crippen LogP contribution in [0.15, 0.2) is 12.2 Å². The van der Waals surface area contributed by atoms with E-state index < -0.39 is 0 Å². The molecule has 0 aromatic heterocycles. The maximum atomic E-state index is 5.41. The maximum Gasteiger partial charge on any atom is 0.0672 e. The Bertz CT molecular complexity index is 165. The van der Waals surface area contributed by atoms with E-state index in [-0.39, 0.29) is 0 Å². The van der Waals surface area contributed by atoms with Crippen LogP contribution in [0.25, 0.3) is 0 Å². The Morgan fingerprint density at radius 3 is 2.86 bits per heavy atom. The fraction of sp³-hybridized carbons (Fsp3) is 0.818. The summed E-state index contributed by atoms with van der Waals surface area (Å²) in [6.07, 6.45) is 2.47. The standard InChI is InChI=1S/C11H22N2O/c1-10(2)9-14-8-7-13-11-3-5-12-6-4-11/h11-13H,1,3-9H2,2H3. The Morgan fingerprint density at radius 1 is 1.50 bits per heavy atom. The number of nitrogens with one attached hydrogen (secondary N) is 2. The summed E-state index contributed by atoms with van der Waals surface area (Å²) in [7, 11) is 0. The van der Waals surface area contributed by atoms with Crippen LogP contribution in [0, 0.1) is 0 Å². The van der Waals surface area contributed by atoms with E-state index in [9.17, 15) is 0 Å². The van der Waals surface area contributed by atoms with Crippen molar-refractivity contribution in [3.05, 3.63) is 12.2 Å². The smallest absolute Gasteiger partial charge is 0.0672 e. The van der Waals surface area contributed by atoms with E-state index in [1.54, 1.807) is 0 Å². The Labute approximate surface area is 86.9 Å². The minimum absolute atomic E-state index is 0.685. The molecule has 0 unspecified atom stereocenters. The van der Waals surface area contributed by atoms with Gasteiger partial charge in [0.1, 0.15) is 0 Å². The van der Waals surface area contributed by atoms with Gasteiger partial charge in [0.15, 0.2) is 0 Å². The van der Waals surface area contributed by atoms with Gasteiger partial charge in [-0.2, -0.15) is 0 Å². The third-order valence-electron chi connectivity index (χ3n) is 2.37. The first-order valence-electron chi connectivity index (χ1n) is 5.45. The highest BCUT2D eigenvalue weighted by Crippen LogP contribution is 2.00. The van der Waals surface area contributed by atoms with Crippen molar-refractivity contribution in [2.45, 2.75) is 25.8 Å². The van der Waals surface area contributed by atoms with Crippen molar-refractivity contribution >= 4 is 0 Å². The van der Waals surface area contributed by atoms with Crippen molar-refractivity contribution in [1.82, 2.24) is 10.6 Å². The third-order valence-corrected chi connectivity index (χ3v) is 2.37. The number of hydrogen-bond donors (Lipinski definition) is 2. The highest BCUT2D eigenvalue weighted by Gasteiger charge is 2.10. The number of rotatable bonds is 6. The SMILES string of the molecule is C=C(C)COCCNC1CCNCC1. The lowest BCUT2D eigenvalue weighted by molar-refractivity contribution is 0.153. The molecule has 0 saturated carbocycles. The summed E-state index contributed by atoms with van der Waals surface area (Å²) in [5.74, 6) is 0. The van der Waals surface area contributed by atoms with Crippen LogP contribution in [0.1, 0.15) is 19.8 Å². The second-order valence-electron chi connectivity index (χ2n) is 3.99. The summed E-state index contributed by atoms with van der Waals surface area (Å²) >= 11 is 0.